The highest BCUT2D eigenvalue weighted by Gasteiger charge is 2.20. The van der Waals surface area contributed by atoms with Crippen LogP contribution in [0.4, 0.5) is 0 Å². The van der Waals surface area contributed by atoms with Crippen molar-refractivity contribution in [3.8, 4) is 0 Å². The van der Waals surface area contributed by atoms with Gasteiger partial charge in [0.2, 0.25) is 0 Å². The lowest BCUT2D eigenvalue weighted by Crippen LogP contribution is -2.44. The average molecular weight is 242 g/mol. The molecule has 0 rings (SSSR count). The van der Waals surface area contributed by atoms with E-state index in [-0.39, 0.29) is 0 Å². The van der Waals surface area contributed by atoms with Crippen molar-refractivity contribution in [3.05, 3.63) is 0 Å². The van der Waals surface area contributed by atoms with Gasteiger partial charge in [-0.3, -0.25) is 0 Å². The fraction of sp³-hybridized carbons (Fsp3) is 1.00. The molecule has 0 amide bonds. The first kappa shape index (κ1) is 16.9. The van der Waals surface area contributed by atoms with E-state index in [4.69, 9.17) is 0 Å². The number of nitrogens with one attached hydrogen (secondary N) is 1. The van der Waals surface area contributed by atoms with Gasteiger partial charge >= 0.3 is 0 Å². The summed E-state index contributed by atoms with van der Waals surface area (Å²) in [5.41, 5.74) is 0. The summed E-state index contributed by atoms with van der Waals surface area (Å²) in [6.07, 6.45) is 5.15. The molecule has 0 radical (unpaired) electrons. The predicted molar refractivity (Wildman–Crippen MR) is 78.5 cm³/mol. The Balaban J connectivity index is 4.09. The first-order chi connectivity index (χ1) is 8.10. The second kappa shape index (κ2) is 9.90. The highest BCUT2D eigenvalue weighted by molar-refractivity contribution is 4.77. The molecule has 0 aliphatic heterocycles. The van der Waals surface area contributed by atoms with Crippen LogP contribution in [-0.2, 0) is 0 Å². The van der Waals surface area contributed by atoms with E-state index in [9.17, 15) is 0 Å². The number of hydrogen-bond acceptors (Lipinski definition) is 2. The molecule has 0 aromatic carbocycles. The van der Waals surface area contributed by atoms with Crippen LogP contribution in [0.2, 0.25) is 0 Å². The minimum Gasteiger partial charge on any atom is -0.315 e. The number of likely N-dealkylation sites (N-methyl/N-ethyl adjacent to an activating group) is 1. The van der Waals surface area contributed by atoms with Gasteiger partial charge in [-0.2, -0.15) is 0 Å². The van der Waals surface area contributed by atoms with E-state index >= 15 is 0 Å². The van der Waals surface area contributed by atoms with Gasteiger partial charge in [0, 0.05) is 12.6 Å². The minimum absolute atomic E-state index is 0.680. The molecule has 1 unspecified atom stereocenters. The Kier molecular flexibility index (Phi) is 9.85. The molecule has 0 aliphatic carbocycles. The molecule has 104 valence electrons. The second-order valence-electron chi connectivity index (χ2n) is 5.45. The monoisotopic (exact) mass is 242 g/mol. The fourth-order valence-electron chi connectivity index (χ4n) is 2.62. The Morgan fingerprint density at radius 2 is 1.35 bits per heavy atom. The third-order valence-corrected chi connectivity index (χ3v) is 4.20. The molecule has 0 aromatic heterocycles. The number of nitrogens with zero attached hydrogens (tertiary/aromatic N) is 1. The molecule has 1 atom stereocenters. The van der Waals surface area contributed by atoms with Crippen molar-refractivity contribution in [2.75, 3.05) is 27.2 Å². The fourth-order valence-corrected chi connectivity index (χ4v) is 2.62. The Morgan fingerprint density at radius 1 is 0.824 bits per heavy atom. The van der Waals surface area contributed by atoms with Crippen LogP contribution in [0.25, 0.3) is 0 Å². The Hall–Kier alpha value is -0.0800. The van der Waals surface area contributed by atoms with E-state index < -0.39 is 0 Å². The van der Waals surface area contributed by atoms with E-state index in [0.29, 0.717) is 6.04 Å². The van der Waals surface area contributed by atoms with Gasteiger partial charge in [-0.05, 0) is 32.5 Å². The van der Waals surface area contributed by atoms with Crippen molar-refractivity contribution in [1.82, 2.24) is 10.2 Å². The van der Waals surface area contributed by atoms with Gasteiger partial charge < -0.3 is 10.2 Å². The molecule has 0 saturated carbocycles. The maximum absolute atomic E-state index is 3.68. The molecular weight excluding hydrogens is 208 g/mol. The lowest BCUT2D eigenvalue weighted by atomic mass is 9.93. The molecule has 0 aromatic rings. The van der Waals surface area contributed by atoms with E-state index in [1.807, 2.05) is 0 Å². The van der Waals surface area contributed by atoms with Crippen LogP contribution in [0.15, 0.2) is 0 Å². The molecule has 0 spiro atoms. The standard InChI is InChI=1S/C15H34N2/c1-7-13(8-2)11-16-12-15(17(5)6)14(9-3)10-4/h13-16H,7-12H2,1-6H3. The second-order valence-corrected chi connectivity index (χ2v) is 5.45. The van der Waals surface area contributed by atoms with Crippen LogP contribution < -0.4 is 5.32 Å². The van der Waals surface area contributed by atoms with Gasteiger partial charge in [0.25, 0.3) is 0 Å². The van der Waals surface area contributed by atoms with Crippen LogP contribution in [0, 0.1) is 11.8 Å². The highest BCUT2D eigenvalue weighted by atomic mass is 15.1. The normalized spacial score (nSPS) is 13.9. The van der Waals surface area contributed by atoms with Crippen molar-refractivity contribution < 1.29 is 0 Å². The molecule has 17 heavy (non-hydrogen) atoms. The predicted octanol–water partition coefficient (Wildman–Crippen LogP) is 3.38. The van der Waals surface area contributed by atoms with Crippen molar-refractivity contribution in [1.29, 1.82) is 0 Å². The molecule has 0 aliphatic rings. The molecule has 0 heterocycles. The first-order valence-electron chi connectivity index (χ1n) is 7.47. The molecule has 0 saturated heterocycles. The summed E-state index contributed by atoms with van der Waals surface area (Å²) >= 11 is 0. The molecule has 2 nitrogen and oxygen atoms in total. The van der Waals surface area contributed by atoms with Crippen molar-refractivity contribution in [2.45, 2.75) is 59.4 Å². The summed E-state index contributed by atoms with van der Waals surface area (Å²) in [5, 5.41) is 3.68. The summed E-state index contributed by atoms with van der Waals surface area (Å²) in [4.78, 5) is 2.39. The topological polar surface area (TPSA) is 15.3 Å². The first-order valence-corrected chi connectivity index (χ1v) is 7.47. The summed E-state index contributed by atoms with van der Waals surface area (Å²) < 4.78 is 0. The lowest BCUT2D eigenvalue weighted by Gasteiger charge is -2.32. The maximum Gasteiger partial charge on any atom is 0.0242 e. The lowest BCUT2D eigenvalue weighted by molar-refractivity contribution is 0.191. The molecule has 2 heteroatoms. The molecule has 0 fully saturated rings. The molecular formula is C15H34N2. The third-order valence-electron chi connectivity index (χ3n) is 4.20. The Bertz CT molecular complexity index is 160. The van der Waals surface area contributed by atoms with Gasteiger partial charge in [0.05, 0.1) is 0 Å². The highest BCUT2D eigenvalue weighted by Crippen LogP contribution is 2.16. The van der Waals surface area contributed by atoms with Gasteiger partial charge in [-0.25, -0.2) is 0 Å². The zero-order chi connectivity index (χ0) is 13.3. The van der Waals surface area contributed by atoms with Gasteiger partial charge in [-0.15, -0.1) is 0 Å². The smallest absolute Gasteiger partial charge is 0.0242 e. The molecule has 1 N–H and O–H groups in total. The zero-order valence-electron chi connectivity index (χ0n) is 12.9. The zero-order valence-corrected chi connectivity index (χ0v) is 12.9. The van der Waals surface area contributed by atoms with Crippen molar-refractivity contribution >= 4 is 0 Å². The number of rotatable bonds is 10. The quantitative estimate of drug-likeness (QED) is 0.632. The van der Waals surface area contributed by atoms with Gasteiger partial charge in [0.1, 0.15) is 0 Å². The van der Waals surface area contributed by atoms with E-state index in [2.05, 4.69) is 52.0 Å². The van der Waals surface area contributed by atoms with Crippen LogP contribution >= 0.6 is 0 Å². The van der Waals surface area contributed by atoms with Crippen molar-refractivity contribution in [2.24, 2.45) is 11.8 Å². The van der Waals surface area contributed by atoms with Crippen LogP contribution in [0.3, 0.4) is 0 Å². The largest absolute Gasteiger partial charge is 0.315 e. The Morgan fingerprint density at radius 3 is 1.71 bits per heavy atom. The minimum atomic E-state index is 0.680. The average Bonchev–Trinajstić information content (AvgIpc) is 2.33. The SMILES string of the molecule is CCC(CC)CNCC(C(CC)CC)N(C)C. The summed E-state index contributed by atoms with van der Waals surface area (Å²) in [6.45, 7) is 11.5. The van der Waals surface area contributed by atoms with Gasteiger partial charge in [-0.1, -0.05) is 53.4 Å². The number of hydrogen-bond donors (Lipinski definition) is 1. The van der Waals surface area contributed by atoms with Crippen LogP contribution in [0.1, 0.15) is 53.4 Å². The van der Waals surface area contributed by atoms with Gasteiger partial charge in [0.15, 0.2) is 0 Å². The molecule has 0 bridgehead atoms. The Labute approximate surface area is 109 Å². The van der Waals surface area contributed by atoms with E-state index in [1.165, 1.54) is 32.2 Å². The van der Waals surface area contributed by atoms with Crippen LogP contribution in [0.5, 0.6) is 0 Å². The van der Waals surface area contributed by atoms with E-state index in [0.717, 1.165) is 18.4 Å². The summed E-state index contributed by atoms with van der Waals surface area (Å²) in [5.74, 6) is 1.67. The van der Waals surface area contributed by atoms with Crippen molar-refractivity contribution in [3.63, 3.8) is 0 Å². The van der Waals surface area contributed by atoms with Crippen LogP contribution in [-0.4, -0.2) is 38.1 Å². The third kappa shape index (κ3) is 6.42. The maximum atomic E-state index is 3.68. The van der Waals surface area contributed by atoms with E-state index in [1.54, 1.807) is 0 Å². The summed E-state index contributed by atoms with van der Waals surface area (Å²) in [7, 11) is 4.42. The summed E-state index contributed by atoms with van der Waals surface area (Å²) in [6, 6.07) is 0.680.